The molecule has 3 aromatic heterocycles. The second-order valence-electron chi connectivity index (χ2n) is 11.0. The number of rotatable bonds is 4. The van der Waals surface area contributed by atoms with E-state index in [1.165, 1.54) is 42.1 Å². The molecule has 4 heteroatoms. The Hall–Kier alpha value is -5.58. The van der Waals surface area contributed by atoms with Crippen LogP contribution in [0.15, 0.2) is 150 Å². The number of fused-ring (bicyclic) bond motifs is 5. The second-order valence-corrected chi connectivity index (χ2v) is 12.1. The minimum absolute atomic E-state index is 0.676. The molecule has 0 amide bonds. The third-order valence-corrected chi connectivity index (χ3v) is 9.46. The van der Waals surface area contributed by atoms with Crippen molar-refractivity contribution in [1.29, 1.82) is 0 Å². The molecule has 0 saturated carbocycles. The molecule has 206 valence electrons. The first-order chi connectivity index (χ1) is 21.8. The molecule has 0 radical (unpaired) electrons. The summed E-state index contributed by atoms with van der Waals surface area (Å²) in [5.41, 5.74) is 6.86. The predicted molar refractivity (Wildman–Crippen MR) is 184 cm³/mol. The van der Waals surface area contributed by atoms with Crippen molar-refractivity contribution in [3.63, 3.8) is 0 Å². The van der Waals surface area contributed by atoms with Crippen molar-refractivity contribution in [1.82, 2.24) is 9.97 Å². The highest BCUT2D eigenvalue weighted by Gasteiger charge is 2.15. The quantitative estimate of drug-likeness (QED) is 0.208. The normalized spacial score (nSPS) is 11.6. The average molecular weight is 581 g/mol. The molecule has 0 aliphatic rings. The summed E-state index contributed by atoms with van der Waals surface area (Å²) in [6.45, 7) is 0. The van der Waals surface area contributed by atoms with Gasteiger partial charge in [-0.05, 0) is 52.2 Å². The highest BCUT2D eigenvalue weighted by atomic mass is 32.1. The van der Waals surface area contributed by atoms with Gasteiger partial charge in [-0.15, -0.1) is 11.3 Å². The largest absolute Gasteiger partial charge is 0.454 e. The van der Waals surface area contributed by atoms with Crippen LogP contribution in [0.2, 0.25) is 0 Å². The van der Waals surface area contributed by atoms with Gasteiger partial charge in [0.2, 0.25) is 0 Å². The third-order valence-electron chi connectivity index (χ3n) is 8.32. The van der Waals surface area contributed by atoms with Gasteiger partial charge in [0.25, 0.3) is 0 Å². The summed E-state index contributed by atoms with van der Waals surface area (Å²) >= 11 is 1.80. The van der Waals surface area contributed by atoms with Crippen molar-refractivity contribution < 1.29 is 4.42 Å². The van der Waals surface area contributed by atoms with Crippen LogP contribution in [0.1, 0.15) is 0 Å². The van der Waals surface area contributed by atoms with E-state index in [1.807, 2.05) is 24.3 Å². The monoisotopic (exact) mass is 580 g/mol. The first kappa shape index (κ1) is 25.0. The molecule has 0 N–H and O–H groups in total. The molecule has 9 rings (SSSR count). The topological polar surface area (TPSA) is 38.9 Å². The summed E-state index contributed by atoms with van der Waals surface area (Å²) in [5.74, 6) is 1.40. The number of hydrogen-bond acceptors (Lipinski definition) is 4. The number of para-hydroxylation sites is 1. The zero-order chi connectivity index (χ0) is 29.0. The van der Waals surface area contributed by atoms with E-state index < -0.39 is 0 Å². The molecule has 3 heterocycles. The third kappa shape index (κ3) is 4.19. The molecule has 44 heavy (non-hydrogen) atoms. The SMILES string of the molecule is c1ccc2oc(-c3cc(-c4ccc(-c5cccc6ccccc56)cc4)nc(-c4ccc5c(c4)sc4ccccc45)n3)cc2c1. The van der Waals surface area contributed by atoms with E-state index in [9.17, 15) is 0 Å². The van der Waals surface area contributed by atoms with Crippen LogP contribution in [0.4, 0.5) is 0 Å². The van der Waals surface area contributed by atoms with Crippen LogP contribution in [0.25, 0.3) is 87.1 Å². The van der Waals surface area contributed by atoms with Crippen molar-refractivity contribution in [2.24, 2.45) is 0 Å². The maximum atomic E-state index is 6.28. The number of hydrogen-bond donors (Lipinski definition) is 0. The van der Waals surface area contributed by atoms with Gasteiger partial charge in [0, 0.05) is 36.7 Å². The van der Waals surface area contributed by atoms with Crippen LogP contribution in [-0.4, -0.2) is 9.97 Å². The smallest absolute Gasteiger partial charge is 0.160 e. The van der Waals surface area contributed by atoms with E-state index in [-0.39, 0.29) is 0 Å². The summed E-state index contributed by atoms with van der Waals surface area (Å²) in [4.78, 5) is 10.2. The summed E-state index contributed by atoms with van der Waals surface area (Å²) in [7, 11) is 0. The maximum absolute atomic E-state index is 6.28. The van der Waals surface area contributed by atoms with Crippen molar-refractivity contribution in [2.45, 2.75) is 0 Å². The van der Waals surface area contributed by atoms with E-state index in [0.29, 0.717) is 5.82 Å². The highest BCUT2D eigenvalue weighted by Crippen LogP contribution is 2.37. The molecule has 6 aromatic carbocycles. The lowest BCUT2D eigenvalue weighted by molar-refractivity contribution is 0.628. The molecule has 0 fully saturated rings. The molecule has 9 aromatic rings. The molecule has 0 bridgehead atoms. The molecule has 0 aliphatic heterocycles. The van der Waals surface area contributed by atoms with E-state index in [0.717, 1.165) is 39.2 Å². The number of furan rings is 1. The number of nitrogens with zero attached hydrogens (tertiary/aromatic N) is 2. The highest BCUT2D eigenvalue weighted by molar-refractivity contribution is 7.25. The van der Waals surface area contributed by atoms with Gasteiger partial charge in [-0.1, -0.05) is 115 Å². The zero-order valence-electron chi connectivity index (χ0n) is 23.6. The summed E-state index contributed by atoms with van der Waals surface area (Å²) in [6.07, 6.45) is 0. The fourth-order valence-electron chi connectivity index (χ4n) is 6.12. The predicted octanol–water partition coefficient (Wildman–Crippen LogP) is 11.4. The van der Waals surface area contributed by atoms with Crippen molar-refractivity contribution in [3.8, 4) is 45.2 Å². The number of benzene rings is 6. The lowest BCUT2D eigenvalue weighted by atomic mass is 9.97. The lowest BCUT2D eigenvalue weighted by Gasteiger charge is -2.10. The fourth-order valence-corrected chi connectivity index (χ4v) is 7.27. The summed E-state index contributed by atoms with van der Waals surface area (Å²) in [6, 6.07) is 50.9. The van der Waals surface area contributed by atoms with Gasteiger partial charge in [0.1, 0.15) is 11.3 Å². The fraction of sp³-hybridized carbons (Fsp3) is 0. The van der Waals surface area contributed by atoms with Gasteiger partial charge in [0.05, 0.1) is 5.69 Å². The van der Waals surface area contributed by atoms with E-state index in [4.69, 9.17) is 14.4 Å². The van der Waals surface area contributed by atoms with Gasteiger partial charge >= 0.3 is 0 Å². The van der Waals surface area contributed by atoms with Gasteiger partial charge in [-0.2, -0.15) is 0 Å². The van der Waals surface area contributed by atoms with E-state index in [2.05, 4.69) is 121 Å². The van der Waals surface area contributed by atoms with Crippen molar-refractivity contribution in [3.05, 3.63) is 146 Å². The Morgan fingerprint density at radius 1 is 0.455 bits per heavy atom. The van der Waals surface area contributed by atoms with E-state index in [1.54, 1.807) is 11.3 Å². The van der Waals surface area contributed by atoms with Crippen molar-refractivity contribution in [2.75, 3.05) is 0 Å². The van der Waals surface area contributed by atoms with Crippen LogP contribution in [-0.2, 0) is 0 Å². The maximum Gasteiger partial charge on any atom is 0.160 e. The summed E-state index contributed by atoms with van der Waals surface area (Å²) in [5, 5.41) is 6.07. The van der Waals surface area contributed by atoms with Gasteiger partial charge in [-0.3, -0.25) is 0 Å². The van der Waals surface area contributed by atoms with Gasteiger partial charge in [0.15, 0.2) is 11.6 Å². The van der Waals surface area contributed by atoms with E-state index >= 15 is 0 Å². The number of thiophene rings is 1. The second kappa shape index (κ2) is 10.0. The first-order valence-electron chi connectivity index (χ1n) is 14.7. The molecular formula is C40H24N2OS. The van der Waals surface area contributed by atoms with Crippen LogP contribution in [0, 0.1) is 0 Å². The minimum Gasteiger partial charge on any atom is -0.454 e. The first-order valence-corrected chi connectivity index (χ1v) is 15.5. The average Bonchev–Trinajstić information content (AvgIpc) is 3.69. The van der Waals surface area contributed by atoms with Gasteiger partial charge < -0.3 is 4.42 Å². The molecule has 0 saturated heterocycles. The van der Waals surface area contributed by atoms with Crippen LogP contribution >= 0.6 is 11.3 Å². The van der Waals surface area contributed by atoms with Crippen molar-refractivity contribution >= 4 is 53.3 Å². The molecule has 0 atom stereocenters. The summed E-state index contributed by atoms with van der Waals surface area (Å²) < 4.78 is 8.78. The Balaban J connectivity index is 1.19. The van der Waals surface area contributed by atoms with Crippen LogP contribution in [0.3, 0.4) is 0 Å². The molecule has 0 unspecified atom stereocenters. The Bertz CT molecular complexity index is 2470. The Morgan fingerprint density at radius 3 is 2.02 bits per heavy atom. The van der Waals surface area contributed by atoms with Crippen LogP contribution < -0.4 is 0 Å². The lowest BCUT2D eigenvalue weighted by Crippen LogP contribution is -1.95. The van der Waals surface area contributed by atoms with Crippen LogP contribution in [0.5, 0.6) is 0 Å². The minimum atomic E-state index is 0.676. The molecule has 0 aliphatic carbocycles. The Kier molecular flexibility index (Phi) is 5.68. The molecular weight excluding hydrogens is 557 g/mol. The Labute approximate surface area is 257 Å². The molecule has 0 spiro atoms. The zero-order valence-corrected chi connectivity index (χ0v) is 24.4. The molecule has 3 nitrogen and oxygen atoms in total. The van der Waals surface area contributed by atoms with Gasteiger partial charge in [-0.25, -0.2) is 9.97 Å². The Morgan fingerprint density at radius 2 is 1.14 bits per heavy atom. The standard InChI is InChI=1S/C40H24N2OS/c1-3-11-30-25(8-1)10-7-13-31(30)26-16-18-27(19-17-26)34-24-35(37-22-28-9-2-5-14-36(28)43-37)42-40(41-34)29-20-21-33-32-12-4-6-15-38(32)44-39(33)23-29/h1-24H. The number of aromatic nitrogens is 2.